The second-order valence-corrected chi connectivity index (χ2v) is 4.51. The minimum absolute atomic E-state index is 0.602. The first-order valence-corrected chi connectivity index (χ1v) is 6.16. The Morgan fingerprint density at radius 1 is 1.42 bits per heavy atom. The van der Waals surface area contributed by atoms with Gasteiger partial charge < -0.3 is 0 Å². The molecule has 0 N–H and O–H groups in total. The lowest BCUT2D eigenvalue weighted by atomic mass is 9.75. The van der Waals surface area contributed by atoms with Crippen molar-refractivity contribution in [1.29, 1.82) is 0 Å². The molecule has 1 aliphatic rings. The molecule has 0 saturated heterocycles. The molecule has 70 valence electrons. The highest BCUT2D eigenvalue weighted by molar-refractivity contribution is 9.09. The molecular formula is C11H19Br. The highest BCUT2D eigenvalue weighted by atomic mass is 79.9. The third-order valence-corrected chi connectivity index (χ3v) is 4.09. The average Bonchev–Trinajstić information content (AvgIpc) is 2.16. The van der Waals surface area contributed by atoms with Crippen molar-refractivity contribution in [2.24, 2.45) is 5.41 Å². The molecule has 0 spiro atoms. The number of rotatable bonds is 4. The van der Waals surface area contributed by atoms with Crippen LogP contribution < -0.4 is 0 Å². The molecule has 0 bridgehead atoms. The van der Waals surface area contributed by atoms with E-state index >= 15 is 0 Å². The first kappa shape index (κ1) is 10.3. The lowest BCUT2D eigenvalue weighted by Gasteiger charge is -2.33. The van der Waals surface area contributed by atoms with E-state index in [1.54, 1.807) is 0 Å². The van der Waals surface area contributed by atoms with E-state index in [9.17, 15) is 0 Å². The molecule has 12 heavy (non-hydrogen) atoms. The van der Waals surface area contributed by atoms with Crippen LogP contribution in [-0.4, -0.2) is 5.33 Å². The van der Waals surface area contributed by atoms with Gasteiger partial charge in [-0.05, 0) is 31.1 Å². The predicted molar refractivity (Wildman–Crippen MR) is 58.7 cm³/mol. The Bertz CT molecular complexity index is 151. The van der Waals surface area contributed by atoms with Crippen molar-refractivity contribution in [2.45, 2.75) is 45.4 Å². The summed E-state index contributed by atoms with van der Waals surface area (Å²) < 4.78 is 0. The van der Waals surface area contributed by atoms with Gasteiger partial charge in [-0.2, -0.15) is 0 Å². The Morgan fingerprint density at radius 2 is 2.25 bits per heavy atom. The van der Waals surface area contributed by atoms with Gasteiger partial charge in [0.15, 0.2) is 0 Å². The van der Waals surface area contributed by atoms with Gasteiger partial charge in [0, 0.05) is 5.33 Å². The predicted octanol–water partition coefficient (Wildman–Crippen LogP) is 4.30. The van der Waals surface area contributed by atoms with Crippen LogP contribution >= 0.6 is 15.9 Å². The molecule has 0 aromatic carbocycles. The van der Waals surface area contributed by atoms with E-state index in [2.05, 4.69) is 35.0 Å². The highest BCUT2D eigenvalue weighted by Crippen LogP contribution is 2.39. The van der Waals surface area contributed by atoms with Crippen molar-refractivity contribution in [3.05, 3.63) is 12.2 Å². The zero-order valence-corrected chi connectivity index (χ0v) is 9.57. The minimum atomic E-state index is 0.602. The molecule has 0 heterocycles. The maximum absolute atomic E-state index is 3.66. The number of hydrogen-bond acceptors (Lipinski definition) is 0. The van der Waals surface area contributed by atoms with Crippen molar-refractivity contribution in [1.82, 2.24) is 0 Å². The summed E-state index contributed by atoms with van der Waals surface area (Å²) in [4.78, 5) is 0. The summed E-state index contributed by atoms with van der Waals surface area (Å²) in [5, 5.41) is 1.18. The van der Waals surface area contributed by atoms with Crippen molar-refractivity contribution in [3.63, 3.8) is 0 Å². The number of unbranched alkanes of at least 4 members (excludes halogenated alkanes) is 1. The van der Waals surface area contributed by atoms with Crippen LogP contribution in [0.1, 0.15) is 45.4 Å². The van der Waals surface area contributed by atoms with E-state index < -0.39 is 0 Å². The van der Waals surface area contributed by atoms with E-state index in [0.29, 0.717) is 5.41 Å². The zero-order chi connectivity index (χ0) is 8.86. The molecule has 0 aromatic heterocycles. The Kier molecular flexibility index (Phi) is 4.34. The fraction of sp³-hybridized carbons (Fsp3) is 0.818. The smallest absolute Gasteiger partial charge is 0.00910 e. The summed E-state index contributed by atoms with van der Waals surface area (Å²) in [5.41, 5.74) is 0.602. The van der Waals surface area contributed by atoms with Crippen molar-refractivity contribution in [3.8, 4) is 0 Å². The zero-order valence-electron chi connectivity index (χ0n) is 7.98. The summed E-state index contributed by atoms with van der Waals surface area (Å²) in [7, 11) is 0. The van der Waals surface area contributed by atoms with E-state index in [-0.39, 0.29) is 0 Å². The van der Waals surface area contributed by atoms with Crippen molar-refractivity contribution < 1.29 is 0 Å². The molecule has 0 fully saturated rings. The number of alkyl halides is 1. The van der Waals surface area contributed by atoms with Crippen LogP contribution in [0.3, 0.4) is 0 Å². The second kappa shape index (κ2) is 5.06. The molecule has 0 aromatic rings. The molecule has 0 radical (unpaired) electrons. The quantitative estimate of drug-likeness (QED) is 0.500. The molecule has 0 nitrogen and oxygen atoms in total. The normalized spacial score (nSPS) is 29.2. The largest absolute Gasteiger partial charge is 0.0922 e. The van der Waals surface area contributed by atoms with E-state index in [0.717, 1.165) is 0 Å². The van der Waals surface area contributed by atoms with E-state index in [4.69, 9.17) is 0 Å². The maximum Gasteiger partial charge on any atom is 0.00910 e. The van der Waals surface area contributed by atoms with Crippen LogP contribution in [0.5, 0.6) is 0 Å². The topological polar surface area (TPSA) is 0 Å². The standard InChI is InChI=1S/C11H19Br/c1-2-3-7-11(10-12)8-5-4-6-9-11/h4-5H,2-3,6-10H2,1H3. The third kappa shape index (κ3) is 2.62. The Morgan fingerprint density at radius 3 is 2.75 bits per heavy atom. The fourth-order valence-electron chi connectivity index (χ4n) is 1.91. The Labute approximate surface area is 84.6 Å². The summed E-state index contributed by atoms with van der Waals surface area (Å²) in [6.07, 6.45) is 12.8. The molecule has 1 rings (SSSR count). The molecule has 1 atom stereocenters. The van der Waals surface area contributed by atoms with Crippen LogP contribution in [-0.2, 0) is 0 Å². The fourth-order valence-corrected chi connectivity index (χ4v) is 2.70. The van der Waals surface area contributed by atoms with Gasteiger partial charge in [0.25, 0.3) is 0 Å². The number of allylic oxidation sites excluding steroid dienone is 2. The Hall–Kier alpha value is 0.220. The van der Waals surface area contributed by atoms with Crippen LogP contribution in [0.25, 0.3) is 0 Å². The molecular weight excluding hydrogens is 212 g/mol. The molecule has 1 heteroatoms. The molecule has 0 amide bonds. The molecule has 1 aliphatic carbocycles. The van der Waals surface area contributed by atoms with Gasteiger partial charge in [0.05, 0.1) is 0 Å². The van der Waals surface area contributed by atoms with Gasteiger partial charge in [-0.15, -0.1) is 0 Å². The monoisotopic (exact) mass is 230 g/mol. The van der Waals surface area contributed by atoms with Gasteiger partial charge in [-0.1, -0.05) is 47.8 Å². The van der Waals surface area contributed by atoms with Gasteiger partial charge in [-0.3, -0.25) is 0 Å². The lowest BCUT2D eigenvalue weighted by molar-refractivity contribution is 0.270. The SMILES string of the molecule is CCCCC1(CBr)CC=CCC1. The summed E-state index contributed by atoms with van der Waals surface area (Å²) in [6.45, 7) is 2.28. The lowest BCUT2D eigenvalue weighted by Crippen LogP contribution is -2.23. The second-order valence-electron chi connectivity index (χ2n) is 3.95. The summed E-state index contributed by atoms with van der Waals surface area (Å²) >= 11 is 3.66. The Balaban J connectivity index is 2.44. The van der Waals surface area contributed by atoms with Crippen LogP contribution in [0.15, 0.2) is 12.2 Å². The van der Waals surface area contributed by atoms with E-state index in [1.165, 1.54) is 43.9 Å². The summed E-state index contributed by atoms with van der Waals surface area (Å²) in [6, 6.07) is 0. The molecule has 0 saturated carbocycles. The minimum Gasteiger partial charge on any atom is -0.0922 e. The number of hydrogen-bond donors (Lipinski definition) is 0. The average molecular weight is 231 g/mol. The maximum atomic E-state index is 3.66. The van der Waals surface area contributed by atoms with Gasteiger partial charge >= 0.3 is 0 Å². The first-order valence-electron chi connectivity index (χ1n) is 5.04. The van der Waals surface area contributed by atoms with E-state index in [1.807, 2.05) is 0 Å². The van der Waals surface area contributed by atoms with Gasteiger partial charge in [-0.25, -0.2) is 0 Å². The van der Waals surface area contributed by atoms with Gasteiger partial charge in [0.2, 0.25) is 0 Å². The highest BCUT2D eigenvalue weighted by Gasteiger charge is 2.27. The van der Waals surface area contributed by atoms with Gasteiger partial charge in [0.1, 0.15) is 0 Å². The summed E-state index contributed by atoms with van der Waals surface area (Å²) in [5.74, 6) is 0. The van der Waals surface area contributed by atoms with Crippen LogP contribution in [0, 0.1) is 5.41 Å². The van der Waals surface area contributed by atoms with Crippen LogP contribution in [0.4, 0.5) is 0 Å². The van der Waals surface area contributed by atoms with Crippen molar-refractivity contribution >= 4 is 15.9 Å². The van der Waals surface area contributed by atoms with Crippen LogP contribution in [0.2, 0.25) is 0 Å². The molecule has 1 unspecified atom stereocenters. The van der Waals surface area contributed by atoms with Crippen molar-refractivity contribution in [2.75, 3.05) is 5.33 Å². The first-order chi connectivity index (χ1) is 5.83. The number of halogens is 1. The third-order valence-electron chi connectivity index (χ3n) is 2.90. The molecule has 0 aliphatic heterocycles.